The number of nitrogens with two attached hydrogens (primary N) is 1. The normalized spacial score (nSPS) is 12.9. The van der Waals surface area contributed by atoms with Crippen molar-refractivity contribution >= 4 is 17.7 Å². The van der Waals surface area contributed by atoms with Crippen LogP contribution >= 0.6 is 0 Å². The molecule has 0 saturated heterocycles. The van der Waals surface area contributed by atoms with Crippen molar-refractivity contribution < 1.29 is 18.7 Å². The molecule has 2 aromatic carbocycles. The van der Waals surface area contributed by atoms with Crippen LogP contribution in [0.4, 0.5) is 14.9 Å². The lowest BCUT2D eigenvalue weighted by Gasteiger charge is -2.37. The van der Waals surface area contributed by atoms with E-state index in [1.54, 1.807) is 36.4 Å². The number of carbonyl (C=O) groups excluding carboxylic acids is 2. The molecule has 29 heavy (non-hydrogen) atoms. The fourth-order valence-electron chi connectivity index (χ4n) is 3.28. The Morgan fingerprint density at radius 2 is 1.62 bits per heavy atom. The molecule has 2 rings (SSSR count). The first-order chi connectivity index (χ1) is 13.7. The van der Waals surface area contributed by atoms with Gasteiger partial charge in [-0.1, -0.05) is 32.0 Å². The van der Waals surface area contributed by atoms with Gasteiger partial charge in [0.05, 0.1) is 6.04 Å². The molecule has 2 N–H and O–H groups in total. The van der Waals surface area contributed by atoms with Crippen molar-refractivity contribution in [1.29, 1.82) is 0 Å². The molecule has 0 saturated carbocycles. The quantitative estimate of drug-likeness (QED) is 0.732. The van der Waals surface area contributed by atoms with Gasteiger partial charge in [0.2, 0.25) is 5.91 Å². The van der Waals surface area contributed by atoms with Crippen LogP contribution in [0.3, 0.4) is 0 Å². The number of hydrogen-bond acceptors (Lipinski definition) is 4. The zero-order valence-corrected chi connectivity index (χ0v) is 17.2. The molecular weight excluding hydrogens is 373 g/mol. The number of likely N-dealkylation sites (N-methyl/N-ethyl adjacent to an activating group) is 1. The Kier molecular flexibility index (Phi) is 7.59. The maximum atomic E-state index is 13.2. The molecule has 0 aliphatic heterocycles. The highest BCUT2D eigenvalue weighted by Gasteiger charge is 2.36. The third-order valence-corrected chi connectivity index (χ3v) is 4.66. The number of ether oxygens (including phenoxy) is 1. The number of halogens is 1. The average molecular weight is 401 g/mol. The lowest BCUT2D eigenvalue weighted by atomic mass is 10.0. The fourth-order valence-corrected chi connectivity index (χ4v) is 3.28. The van der Waals surface area contributed by atoms with E-state index in [0.717, 1.165) is 5.69 Å². The summed E-state index contributed by atoms with van der Waals surface area (Å²) in [4.78, 5) is 28.4. The van der Waals surface area contributed by atoms with E-state index in [2.05, 4.69) is 0 Å². The summed E-state index contributed by atoms with van der Waals surface area (Å²) < 4.78 is 18.7. The van der Waals surface area contributed by atoms with Crippen LogP contribution in [0.25, 0.3) is 0 Å². The molecule has 7 heteroatoms. The molecule has 2 amide bonds. The van der Waals surface area contributed by atoms with Gasteiger partial charge >= 0.3 is 6.09 Å². The van der Waals surface area contributed by atoms with E-state index in [9.17, 15) is 14.0 Å². The second kappa shape index (κ2) is 9.91. The number of carbonyl (C=O) groups is 2. The van der Waals surface area contributed by atoms with E-state index in [-0.39, 0.29) is 11.7 Å². The van der Waals surface area contributed by atoms with Crippen LogP contribution < -0.4 is 15.4 Å². The van der Waals surface area contributed by atoms with Crippen LogP contribution in [0.15, 0.2) is 54.6 Å². The summed E-state index contributed by atoms with van der Waals surface area (Å²) in [5.41, 5.74) is 6.41. The van der Waals surface area contributed by atoms with Crippen LogP contribution in [-0.2, 0) is 4.79 Å². The Morgan fingerprint density at radius 1 is 1.03 bits per heavy atom. The van der Waals surface area contributed by atoms with E-state index < -0.39 is 24.1 Å². The zero-order valence-electron chi connectivity index (χ0n) is 17.2. The molecular formula is C22H28FN3O3. The number of nitrogens with zero attached hydrogens (tertiary/aromatic N) is 2. The van der Waals surface area contributed by atoms with Crippen molar-refractivity contribution in [3.8, 4) is 5.75 Å². The lowest BCUT2D eigenvalue weighted by molar-refractivity contribution is -0.124. The number of amides is 2. The first-order valence-corrected chi connectivity index (χ1v) is 9.52. The fraction of sp³-hybridized carbons (Fsp3) is 0.364. The third kappa shape index (κ3) is 5.94. The van der Waals surface area contributed by atoms with E-state index in [4.69, 9.17) is 10.5 Å². The largest absolute Gasteiger partial charge is 0.416 e. The van der Waals surface area contributed by atoms with Crippen LogP contribution in [0.1, 0.15) is 20.8 Å². The minimum Gasteiger partial charge on any atom is -0.410 e. The molecule has 2 aromatic rings. The number of primary amides is 1. The molecule has 0 aromatic heterocycles. The molecule has 0 radical (unpaired) electrons. The minimum absolute atomic E-state index is 0.200. The third-order valence-electron chi connectivity index (χ3n) is 4.66. The Balaban J connectivity index is 2.26. The highest BCUT2D eigenvalue weighted by atomic mass is 19.1. The zero-order chi connectivity index (χ0) is 21.6. The van der Waals surface area contributed by atoms with Gasteiger partial charge in [0, 0.05) is 19.3 Å². The molecule has 0 fully saturated rings. The highest BCUT2D eigenvalue weighted by molar-refractivity contribution is 5.85. The van der Waals surface area contributed by atoms with E-state index in [1.165, 1.54) is 17.0 Å². The van der Waals surface area contributed by atoms with Crippen LogP contribution in [-0.4, -0.2) is 42.6 Å². The van der Waals surface area contributed by atoms with Crippen molar-refractivity contribution in [2.75, 3.05) is 18.5 Å². The summed E-state index contributed by atoms with van der Waals surface area (Å²) >= 11 is 0. The first-order valence-electron chi connectivity index (χ1n) is 9.52. The Bertz CT molecular complexity index is 812. The number of para-hydroxylation sites is 1. The average Bonchev–Trinajstić information content (AvgIpc) is 2.66. The van der Waals surface area contributed by atoms with Gasteiger partial charge in [-0.15, -0.1) is 0 Å². The van der Waals surface area contributed by atoms with E-state index >= 15 is 0 Å². The van der Waals surface area contributed by atoms with Gasteiger partial charge in [0.25, 0.3) is 0 Å². The topological polar surface area (TPSA) is 75.9 Å². The van der Waals surface area contributed by atoms with Crippen molar-refractivity contribution in [3.05, 3.63) is 60.4 Å². The maximum Gasteiger partial charge on any atom is 0.416 e. The molecule has 2 atom stereocenters. The van der Waals surface area contributed by atoms with Gasteiger partial charge < -0.3 is 15.4 Å². The molecule has 6 nitrogen and oxygen atoms in total. The number of hydrogen-bond donors (Lipinski definition) is 1. The number of benzene rings is 2. The second-order valence-corrected chi connectivity index (χ2v) is 7.39. The molecule has 0 heterocycles. The minimum atomic E-state index is -0.831. The Hall–Kier alpha value is -3.09. The van der Waals surface area contributed by atoms with Crippen LogP contribution in [0, 0.1) is 11.7 Å². The van der Waals surface area contributed by atoms with Gasteiger partial charge in [0.15, 0.2) is 0 Å². The summed E-state index contributed by atoms with van der Waals surface area (Å²) in [6, 6.07) is 13.5. The standard InChI is InChI=1S/C22H28FN3O3/c1-15(2)20(21(24)27)26(22(28)29-19-8-6-5-7-9-19)16(3)14-25(4)18-12-10-17(23)11-13-18/h5-13,15-16,20H,14H2,1-4H3,(H2,24,27)/t16?,20-/m0/s1. The molecule has 0 bridgehead atoms. The number of rotatable bonds is 8. The van der Waals surface area contributed by atoms with Gasteiger partial charge in [-0.25, -0.2) is 9.18 Å². The number of anilines is 1. The molecule has 156 valence electrons. The van der Waals surface area contributed by atoms with Crippen LogP contribution in [0.2, 0.25) is 0 Å². The molecule has 0 spiro atoms. The predicted molar refractivity (Wildman–Crippen MR) is 111 cm³/mol. The molecule has 0 aliphatic carbocycles. The Labute approximate surface area is 171 Å². The van der Waals surface area contributed by atoms with E-state index in [1.807, 2.05) is 38.8 Å². The van der Waals surface area contributed by atoms with Crippen molar-refractivity contribution in [1.82, 2.24) is 4.90 Å². The smallest absolute Gasteiger partial charge is 0.410 e. The van der Waals surface area contributed by atoms with Gasteiger partial charge in [-0.3, -0.25) is 9.69 Å². The SMILES string of the molecule is CC(C)[C@@H](C(N)=O)N(C(=O)Oc1ccccc1)C(C)CN(C)c1ccc(F)cc1. The summed E-state index contributed by atoms with van der Waals surface area (Å²) in [6.07, 6.45) is -0.645. The van der Waals surface area contributed by atoms with Crippen molar-refractivity contribution in [2.45, 2.75) is 32.9 Å². The molecule has 0 aliphatic rings. The van der Waals surface area contributed by atoms with Gasteiger partial charge in [-0.05, 0) is 49.2 Å². The van der Waals surface area contributed by atoms with Crippen molar-refractivity contribution in [2.24, 2.45) is 11.7 Å². The Morgan fingerprint density at radius 3 is 2.14 bits per heavy atom. The van der Waals surface area contributed by atoms with Gasteiger partial charge in [-0.2, -0.15) is 0 Å². The summed E-state index contributed by atoms with van der Waals surface area (Å²) in [7, 11) is 1.83. The lowest BCUT2D eigenvalue weighted by Crippen LogP contribution is -2.57. The van der Waals surface area contributed by atoms with Crippen LogP contribution in [0.5, 0.6) is 5.75 Å². The molecule has 1 unspecified atom stereocenters. The van der Waals surface area contributed by atoms with Crippen molar-refractivity contribution in [3.63, 3.8) is 0 Å². The summed E-state index contributed by atoms with van der Waals surface area (Å²) in [5, 5.41) is 0. The maximum absolute atomic E-state index is 13.2. The summed E-state index contributed by atoms with van der Waals surface area (Å²) in [5.74, 6) is -0.735. The van der Waals surface area contributed by atoms with Gasteiger partial charge in [0.1, 0.15) is 17.6 Å². The van der Waals surface area contributed by atoms with E-state index in [0.29, 0.717) is 12.3 Å². The monoisotopic (exact) mass is 401 g/mol. The predicted octanol–water partition coefficient (Wildman–Crippen LogP) is 3.66. The summed E-state index contributed by atoms with van der Waals surface area (Å²) in [6.45, 7) is 5.87. The first kappa shape index (κ1) is 22.2. The second-order valence-electron chi connectivity index (χ2n) is 7.39. The highest BCUT2D eigenvalue weighted by Crippen LogP contribution is 2.21.